The standard InChI is InChI=1S/C12H18N2O4/c15-10(13-4-1-2-5-13)3-6-14-8-9(12(17)18)7-11(14)16/h9H,1-8H2,(H,17,18). The van der Waals surface area contributed by atoms with Gasteiger partial charge in [0, 0.05) is 39.0 Å². The average Bonchev–Trinajstić information content (AvgIpc) is 2.95. The van der Waals surface area contributed by atoms with Crippen LogP contribution < -0.4 is 0 Å². The Hall–Kier alpha value is -1.59. The van der Waals surface area contributed by atoms with Crippen LogP contribution in [0.4, 0.5) is 0 Å². The Morgan fingerprint density at radius 2 is 1.94 bits per heavy atom. The summed E-state index contributed by atoms with van der Waals surface area (Å²) in [6.45, 7) is 2.20. The summed E-state index contributed by atoms with van der Waals surface area (Å²) in [6, 6.07) is 0. The first-order valence-electron chi connectivity index (χ1n) is 6.36. The van der Waals surface area contributed by atoms with Gasteiger partial charge in [-0.1, -0.05) is 0 Å². The summed E-state index contributed by atoms with van der Waals surface area (Å²) in [5, 5.41) is 8.84. The van der Waals surface area contributed by atoms with Crippen molar-refractivity contribution in [2.45, 2.75) is 25.7 Å². The lowest BCUT2D eigenvalue weighted by molar-refractivity contribution is -0.141. The van der Waals surface area contributed by atoms with E-state index in [0.29, 0.717) is 13.0 Å². The van der Waals surface area contributed by atoms with Crippen LogP contribution >= 0.6 is 0 Å². The van der Waals surface area contributed by atoms with Crippen LogP contribution in [0.1, 0.15) is 25.7 Å². The second kappa shape index (κ2) is 5.37. The smallest absolute Gasteiger partial charge is 0.308 e. The van der Waals surface area contributed by atoms with Gasteiger partial charge in [0.05, 0.1) is 5.92 Å². The Balaban J connectivity index is 1.78. The number of carbonyl (C=O) groups excluding carboxylic acids is 2. The number of carboxylic acid groups (broad SMARTS) is 1. The number of amides is 2. The molecule has 100 valence electrons. The Morgan fingerprint density at radius 1 is 1.28 bits per heavy atom. The van der Waals surface area contributed by atoms with Gasteiger partial charge in [0.15, 0.2) is 0 Å². The van der Waals surface area contributed by atoms with Crippen molar-refractivity contribution in [3.8, 4) is 0 Å². The summed E-state index contributed by atoms with van der Waals surface area (Å²) in [4.78, 5) is 37.4. The van der Waals surface area contributed by atoms with Crippen molar-refractivity contribution in [2.24, 2.45) is 5.92 Å². The summed E-state index contributed by atoms with van der Waals surface area (Å²) in [7, 11) is 0. The SMILES string of the molecule is O=C(O)C1CC(=O)N(CCC(=O)N2CCCC2)C1. The summed E-state index contributed by atoms with van der Waals surface area (Å²) in [5.41, 5.74) is 0. The quantitative estimate of drug-likeness (QED) is 0.762. The number of aliphatic carboxylic acids is 1. The third kappa shape index (κ3) is 2.80. The van der Waals surface area contributed by atoms with E-state index in [1.54, 1.807) is 0 Å². The number of nitrogens with zero attached hydrogens (tertiary/aromatic N) is 2. The van der Waals surface area contributed by atoms with Gasteiger partial charge in [-0.15, -0.1) is 0 Å². The second-order valence-corrected chi connectivity index (χ2v) is 4.92. The van der Waals surface area contributed by atoms with Crippen LogP contribution in [0.25, 0.3) is 0 Å². The van der Waals surface area contributed by atoms with Gasteiger partial charge in [-0.3, -0.25) is 14.4 Å². The third-order valence-electron chi connectivity index (χ3n) is 3.62. The molecule has 0 aromatic carbocycles. The molecule has 0 radical (unpaired) electrons. The van der Waals surface area contributed by atoms with E-state index in [4.69, 9.17) is 5.11 Å². The van der Waals surface area contributed by atoms with E-state index in [-0.39, 0.29) is 24.8 Å². The molecular weight excluding hydrogens is 236 g/mol. The maximum Gasteiger partial charge on any atom is 0.308 e. The van der Waals surface area contributed by atoms with E-state index in [1.807, 2.05) is 4.90 Å². The van der Waals surface area contributed by atoms with Crippen LogP contribution in [-0.2, 0) is 14.4 Å². The molecule has 2 amide bonds. The summed E-state index contributed by atoms with van der Waals surface area (Å²) >= 11 is 0. The fraction of sp³-hybridized carbons (Fsp3) is 0.750. The molecule has 1 atom stereocenters. The van der Waals surface area contributed by atoms with E-state index in [0.717, 1.165) is 25.9 Å². The topological polar surface area (TPSA) is 77.9 Å². The van der Waals surface area contributed by atoms with E-state index >= 15 is 0 Å². The fourth-order valence-electron chi connectivity index (χ4n) is 2.51. The molecule has 6 heteroatoms. The third-order valence-corrected chi connectivity index (χ3v) is 3.62. The molecule has 2 saturated heterocycles. The number of carboxylic acids is 1. The first-order valence-corrected chi connectivity index (χ1v) is 6.36. The molecule has 2 aliphatic rings. The highest BCUT2D eigenvalue weighted by Crippen LogP contribution is 2.18. The lowest BCUT2D eigenvalue weighted by Gasteiger charge is -2.19. The van der Waals surface area contributed by atoms with Crippen LogP contribution in [0.15, 0.2) is 0 Å². The van der Waals surface area contributed by atoms with Crippen LogP contribution in [0.2, 0.25) is 0 Å². The Labute approximate surface area is 106 Å². The lowest BCUT2D eigenvalue weighted by atomic mass is 10.1. The van der Waals surface area contributed by atoms with Crippen LogP contribution in [0.5, 0.6) is 0 Å². The van der Waals surface area contributed by atoms with Crippen molar-refractivity contribution in [1.29, 1.82) is 0 Å². The Kier molecular flexibility index (Phi) is 3.84. The summed E-state index contributed by atoms with van der Waals surface area (Å²) < 4.78 is 0. The summed E-state index contributed by atoms with van der Waals surface area (Å²) in [5.74, 6) is -1.63. The van der Waals surface area contributed by atoms with Gasteiger partial charge in [-0.25, -0.2) is 0 Å². The highest BCUT2D eigenvalue weighted by Gasteiger charge is 2.34. The Bertz CT molecular complexity index is 363. The van der Waals surface area contributed by atoms with Crippen molar-refractivity contribution in [3.63, 3.8) is 0 Å². The molecule has 2 heterocycles. The molecule has 2 rings (SSSR count). The van der Waals surface area contributed by atoms with Gasteiger partial charge >= 0.3 is 5.97 Å². The molecule has 1 N–H and O–H groups in total. The van der Waals surface area contributed by atoms with Crippen LogP contribution in [-0.4, -0.2) is 58.9 Å². The average molecular weight is 254 g/mol. The zero-order valence-corrected chi connectivity index (χ0v) is 10.3. The molecule has 0 aliphatic carbocycles. The Morgan fingerprint density at radius 3 is 2.50 bits per heavy atom. The van der Waals surface area contributed by atoms with Gasteiger partial charge in [0.2, 0.25) is 11.8 Å². The van der Waals surface area contributed by atoms with Crippen molar-refractivity contribution >= 4 is 17.8 Å². The van der Waals surface area contributed by atoms with E-state index < -0.39 is 11.9 Å². The number of hydrogen-bond acceptors (Lipinski definition) is 3. The molecule has 0 spiro atoms. The molecule has 0 aromatic rings. The normalized spacial score (nSPS) is 23.8. The number of carbonyl (C=O) groups is 3. The largest absolute Gasteiger partial charge is 0.481 e. The number of rotatable bonds is 4. The molecule has 18 heavy (non-hydrogen) atoms. The minimum absolute atomic E-state index is 0.0627. The van der Waals surface area contributed by atoms with Crippen LogP contribution in [0.3, 0.4) is 0 Å². The minimum atomic E-state index is -0.934. The number of likely N-dealkylation sites (tertiary alicyclic amines) is 2. The van der Waals surface area contributed by atoms with Crippen molar-refractivity contribution in [3.05, 3.63) is 0 Å². The van der Waals surface area contributed by atoms with E-state index in [1.165, 1.54) is 4.90 Å². The molecule has 0 bridgehead atoms. The molecule has 2 aliphatic heterocycles. The predicted octanol–water partition coefficient (Wildman–Crippen LogP) is -0.0680. The van der Waals surface area contributed by atoms with Gasteiger partial charge < -0.3 is 14.9 Å². The molecule has 6 nitrogen and oxygen atoms in total. The van der Waals surface area contributed by atoms with Crippen molar-refractivity contribution in [2.75, 3.05) is 26.2 Å². The zero-order valence-electron chi connectivity index (χ0n) is 10.3. The molecular formula is C12H18N2O4. The highest BCUT2D eigenvalue weighted by molar-refractivity contribution is 5.86. The van der Waals surface area contributed by atoms with Crippen molar-refractivity contribution < 1.29 is 19.5 Å². The first kappa shape index (κ1) is 12.9. The van der Waals surface area contributed by atoms with Gasteiger partial charge in [0.25, 0.3) is 0 Å². The molecule has 0 aromatic heterocycles. The molecule has 1 unspecified atom stereocenters. The monoisotopic (exact) mass is 254 g/mol. The van der Waals surface area contributed by atoms with E-state index in [2.05, 4.69) is 0 Å². The van der Waals surface area contributed by atoms with E-state index in [9.17, 15) is 14.4 Å². The van der Waals surface area contributed by atoms with Crippen molar-refractivity contribution in [1.82, 2.24) is 9.80 Å². The first-order chi connectivity index (χ1) is 8.58. The number of hydrogen-bond donors (Lipinski definition) is 1. The predicted molar refractivity (Wildman–Crippen MR) is 62.8 cm³/mol. The maximum atomic E-state index is 11.8. The lowest BCUT2D eigenvalue weighted by Crippen LogP contribution is -2.33. The zero-order chi connectivity index (χ0) is 13.1. The highest BCUT2D eigenvalue weighted by atomic mass is 16.4. The van der Waals surface area contributed by atoms with Gasteiger partial charge in [0.1, 0.15) is 0 Å². The second-order valence-electron chi connectivity index (χ2n) is 4.92. The molecule has 2 fully saturated rings. The summed E-state index contributed by atoms with van der Waals surface area (Å²) in [6.07, 6.45) is 2.47. The minimum Gasteiger partial charge on any atom is -0.481 e. The van der Waals surface area contributed by atoms with Gasteiger partial charge in [-0.05, 0) is 12.8 Å². The van der Waals surface area contributed by atoms with Crippen LogP contribution in [0, 0.1) is 5.92 Å². The fourth-order valence-corrected chi connectivity index (χ4v) is 2.51. The molecule has 0 saturated carbocycles. The van der Waals surface area contributed by atoms with Gasteiger partial charge in [-0.2, -0.15) is 0 Å². The maximum absolute atomic E-state index is 11.8.